The van der Waals surface area contributed by atoms with Crippen LogP contribution in [0, 0.1) is 13.8 Å². The van der Waals surface area contributed by atoms with Crippen molar-refractivity contribution in [3.8, 4) is 0 Å². The highest BCUT2D eigenvalue weighted by Crippen LogP contribution is 2.21. The summed E-state index contributed by atoms with van der Waals surface area (Å²) in [4.78, 5) is 24.9. The third-order valence-corrected chi connectivity index (χ3v) is 4.64. The fraction of sp³-hybridized carbons (Fsp3) is 0.300. The SMILES string of the molecule is CCn1c(C)cc(C(=O)COC(=O)c2cn(C)c3ccccc23)c1C. The summed E-state index contributed by atoms with van der Waals surface area (Å²) in [5, 5.41) is 0.826. The van der Waals surface area contributed by atoms with Gasteiger partial charge >= 0.3 is 5.97 Å². The molecule has 3 aromatic rings. The van der Waals surface area contributed by atoms with Gasteiger partial charge in [0.05, 0.1) is 5.56 Å². The van der Waals surface area contributed by atoms with Crippen LogP contribution in [0.4, 0.5) is 0 Å². The van der Waals surface area contributed by atoms with E-state index in [0.29, 0.717) is 11.1 Å². The van der Waals surface area contributed by atoms with Gasteiger partial charge < -0.3 is 13.9 Å². The van der Waals surface area contributed by atoms with Crippen molar-refractivity contribution in [3.63, 3.8) is 0 Å². The van der Waals surface area contributed by atoms with E-state index in [4.69, 9.17) is 4.74 Å². The van der Waals surface area contributed by atoms with E-state index >= 15 is 0 Å². The van der Waals surface area contributed by atoms with Gasteiger partial charge in [-0.25, -0.2) is 4.79 Å². The zero-order chi connectivity index (χ0) is 18.1. The van der Waals surface area contributed by atoms with Crippen LogP contribution in [-0.2, 0) is 18.3 Å². The monoisotopic (exact) mass is 338 g/mol. The Bertz CT molecular complexity index is 963. The maximum atomic E-state index is 12.5. The molecule has 0 fully saturated rings. The Morgan fingerprint density at radius 2 is 1.84 bits per heavy atom. The molecule has 1 aromatic carbocycles. The first-order valence-corrected chi connectivity index (χ1v) is 8.35. The van der Waals surface area contributed by atoms with Gasteiger partial charge in [0, 0.05) is 47.6 Å². The Hall–Kier alpha value is -2.82. The summed E-state index contributed by atoms with van der Waals surface area (Å²) >= 11 is 0. The van der Waals surface area contributed by atoms with Crippen LogP contribution in [0.2, 0.25) is 0 Å². The highest BCUT2D eigenvalue weighted by Gasteiger charge is 2.19. The van der Waals surface area contributed by atoms with Crippen molar-refractivity contribution in [2.45, 2.75) is 27.3 Å². The number of hydrogen-bond donors (Lipinski definition) is 0. The number of carbonyl (C=O) groups excluding carboxylic acids is 2. The van der Waals surface area contributed by atoms with Crippen LogP contribution in [0.25, 0.3) is 10.9 Å². The first-order chi connectivity index (χ1) is 11.9. The highest BCUT2D eigenvalue weighted by atomic mass is 16.5. The predicted molar refractivity (Wildman–Crippen MR) is 97.1 cm³/mol. The number of fused-ring (bicyclic) bond motifs is 1. The number of nitrogens with zero attached hydrogens (tertiary/aromatic N) is 2. The molecule has 0 bridgehead atoms. The van der Waals surface area contributed by atoms with E-state index in [2.05, 4.69) is 4.57 Å². The number of aryl methyl sites for hydroxylation is 2. The second kappa shape index (κ2) is 6.59. The molecule has 0 radical (unpaired) electrons. The van der Waals surface area contributed by atoms with Gasteiger partial charge in [-0.05, 0) is 32.9 Å². The maximum absolute atomic E-state index is 12.5. The smallest absolute Gasteiger partial charge is 0.340 e. The average molecular weight is 338 g/mol. The minimum absolute atomic E-state index is 0.179. The second-order valence-electron chi connectivity index (χ2n) is 6.20. The Labute approximate surface area is 146 Å². The van der Waals surface area contributed by atoms with Crippen molar-refractivity contribution in [2.24, 2.45) is 7.05 Å². The van der Waals surface area contributed by atoms with Crippen LogP contribution in [0.3, 0.4) is 0 Å². The standard InChI is InChI=1S/C20H22N2O3/c1-5-22-13(2)10-16(14(22)3)19(23)12-25-20(24)17-11-21(4)18-9-7-6-8-15(17)18/h6-11H,5,12H2,1-4H3. The molecule has 0 unspecified atom stereocenters. The van der Waals surface area contributed by atoms with E-state index in [-0.39, 0.29) is 12.4 Å². The van der Waals surface area contributed by atoms with Gasteiger partial charge in [-0.1, -0.05) is 18.2 Å². The molecule has 130 valence electrons. The summed E-state index contributed by atoms with van der Waals surface area (Å²) in [5.74, 6) is -0.657. The van der Waals surface area contributed by atoms with Crippen LogP contribution in [-0.4, -0.2) is 27.5 Å². The fourth-order valence-corrected chi connectivity index (χ4v) is 3.36. The molecule has 0 amide bonds. The van der Waals surface area contributed by atoms with Crippen molar-refractivity contribution in [1.29, 1.82) is 0 Å². The van der Waals surface area contributed by atoms with Crippen LogP contribution < -0.4 is 0 Å². The van der Waals surface area contributed by atoms with Crippen LogP contribution >= 0.6 is 0 Å². The molecule has 25 heavy (non-hydrogen) atoms. The maximum Gasteiger partial charge on any atom is 0.340 e. The molecule has 0 atom stereocenters. The minimum Gasteiger partial charge on any atom is -0.454 e. The number of Topliss-reactive ketones (excluding diaryl/α,β-unsaturated/α-hetero) is 1. The molecule has 0 spiro atoms. The summed E-state index contributed by atoms with van der Waals surface area (Å²) in [6.45, 7) is 6.47. The lowest BCUT2D eigenvalue weighted by molar-refractivity contribution is 0.0476. The zero-order valence-electron chi connectivity index (χ0n) is 15.0. The number of rotatable bonds is 5. The van der Waals surface area contributed by atoms with E-state index in [0.717, 1.165) is 28.8 Å². The second-order valence-corrected chi connectivity index (χ2v) is 6.20. The molecule has 2 aromatic heterocycles. The number of esters is 1. The molecule has 0 saturated carbocycles. The van der Waals surface area contributed by atoms with Crippen LogP contribution in [0.15, 0.2) is 36.5 Å². The normalized spacial score (nSPS) is 11.0. The van der Waals surface area contributed by atoms with Crippen molar-refractivity contribution in [3.05, 3.63) is 59.0 Å². The van der Waals surface area contributed by atoms with Crippen molar-refractivity contribution in [2.75, 3.05) is 6.61 Å². The van der Waals surface area contributed by atoms with E-state index < -0.39 is 5.97 Å². The van der Waals surface area contributed by atoms with Gasteiger partial charge in [0.15, 0.2) is 6.61 Å². The summed E-state index contributed by atoms with van der Waals surface area (Å²) < 4.78 is 9.24. The Kier molecular flexibility index (Phi) is 4.49. The average Bonchev–Trinajstić information content (AvgIpc) is 3.09. The lowest BCUT2D eigenvalue weighted by Crippen LogP contribution is -2.15. The van der Waals surface area contributed by atoms with Gasteiger partial charge in [0.1, 0.15) is 0 Å². The molecule has 0 N–H and O–H groups in total. The number of hydrogen-bond acceptors (Lipinski definition) is 3. The van der Waals surface area contributed by atoms with Crippen LogP contribution in [0.1, 0.15) is 39.0 Å². The molecule has 5 nitrogen and oxygen atoms in total. The number of para-hydroxylation sites is 1. The summed E-state index contributed by atoms with van der Waals surface area (Å²) in [5.41, 5.74) is 3.98. The minimum atomic E-state index is -0.477. The lowest BCUT2D eigenvalue weighted by atomic mass is 10.1. The molecular weight excluding hydrogens is 316 g/mol. The van der Waals surface area contributed by atoms with Crippen molar-refractivity contribution < 1.29 is 14.3 Å². The number of benzene rings is 1. The number of ether oxygens (including phenoxy) is 1. The molecular formula is C20H22N2O3. The molecule has 0 saturated heterocycles. The van der Waals surface area contributed by atoms with Crippen molar-refractivity contribution >= 4 is 22.7 Å². The largest absolute Gasteiger partial charge is 0.454 e. The van der Waals surface area contributed by atoms with E-state index in [1.54, 1.807) is 6.20 Å². The zero-order valence-corrected chi connectivity index (χ0v) is 15.0. The van der Waals surface area contributed by atoms with Crippen LogP contribution in [0.5, 0.6) is 0 Å². The third-order valence-electron chi connectivity index (χ3n) is 4.64. The fourth-order valence-electron chi connectivity index (χ4n) is 3.36. The van der Waals surface area contributed by atoms with Gasteiger partial charge in [-0.3, -0.25) is 4.79 Å². The molecule has 2 heterocycles. The van der Waals surface area contributed by atoms with E-state index in [1.165, 1.54) is 0 Å². The number of carbonyl (C=O) groups is 2. The van der Waals surface area contributed by atoms with Gasteiger partial charge in [0.25, 0.3) is 0 Å². The van der Waals surface area contributed by atoms with E-state index in [9.17, 15) is 9.59 Å². The summed E-state index contributed by atoms with van der Waals surface area (Å²) in [7, 11) is 1.88. The molecule has 0 aliphatic carbocycles. The number of ketones is 1. The third kappa shape index (κ3) is 2.97. The first-order valence-electron chi connectivity index (χ1n) is 8.35. The molecule has 3 rings (SSSR count). The number of aromatic nitrogens is 2. The molecule has 0 aliphatic rings. The quantitative estimate of drug-likeness (QED) is 0.527. The van der Waals surface area contributed by atoms with E-state index in [1.807, 2.05) is 62.7 Å². The summed E-state index contributed by atoms with van der Waals surface area (Å²) in [6, 6.07) is 9.47. The Morgan fingerprint density at radius 3 is 2.52 bits per heavy atom. The Morgan fingerprint density at radius 1 is 1.12 bits per heavy atom. The summed E-state index contributed by atoms with van der Waals surface area (Å²) in [6.07, 6.45) is 1.74. The van der Waals surface area contributed by atoms with Gasteiger partial charge in [-0.2, -0.15) is 0 Å². The highest BCUT2D eigenvalue weighted by molar-refractivity contribution is 6.06. The predicted octanol–water partition coefficient (Wildman–Crippen LogP) is 3.66. The topological polar surface area (TPSA) is 53.2 Å². The van der Waals surface area contributed by atoms with Gasteiger partial charge in [0.2, 0.25) is 5.78 Å². The molecule has 0 aliphatic heterocycles. The first kappa shape index (κ1) is 17.0. The lowest BCUT2D eigenvalue weighted by Gasteiger charge is -2.06. The van der Waals surface area contributed by atoms with Gasteiger partial charge in [-0.15, -0.1) is 0 Å². The Balaban J connectivity index is 1.77. The van der Waals surface area contributed by atoms with Crippen molar-refractivity contribution in [1.82, 2.24) is 9.13 Å². The molecule has 5 heteroatoms.